The van der Waals surface area contributed by atoms with Crippen LogP contribution in [-0.4, -0.2) is 56.5 Å². The van der Waals surface area contributed by atoms with E-state index in [0.29, 0.717) is 18.8 Å². The lowest BCUT2D eigenvalue weighted by molar-refractivity contribution is -0.129. The lowest BCUT2D eigenvalue weighted by atomic mass is 10.2. The van der Waals surface area contributed by atoms with Crippen LogP contribution in [0.4, 0.5) is 17.1 Å². The molecule has 2 aromatic rings. The Bertz CT molecular complexity index is 832. The first-order valence-electron chi connectivity index (χ1n) is 9.34. The number of amides is 2. The van der Waals surface area contributed by atoms with Crippen molar-refractivity contribution in [2.75, 3.05) is 55.4 Å². The highest BCUT2D eigenvalue weighted by molar-refractivity contribution is 5.89. The van der Waals surface area contributed by atoms with Crippen LogP contribution in [0.25, 0.3) is 0 Å². The SMILES string of the molecule is COc1ccccc1N1CCN(C(=O)CNc2cccc(NC(C)=O)c2)CC1. The topological polar surface area (TPSA) is 73.9 Å². The second-order valence-corrected chi connectivity index (χ2v) is 6.66. The molecule has 2 amide bonds. The van der Waals surface area contributed by atoms with Gasteiger partial charge in [-0.3, -0.25) is 9.59 Å². The minimum Gasteiger partial charge on any atom is -0.495 e. The van der Waals surface area contributed by atoms with Gasteiger partial charge in [-0.05, 0) is 30.3 Å². The second-order valence-electron chi connectivity index (χ2n) is 6.66. The van der Waals surface area contributed by atoms with Crippen LogP contribution in [0.15, 0.2) is 48.5 Å². The molecule has 0 aliphatic carbocycles. The van der Waals surface area contributed by atoms with Gasteiger partial charge in [-0.25, -0.2) is 0 Å². The number of carbonyl (C=O) groups excluding carboxylic acids is 2. The van der Waals surface area contributed by atoms with Gasteiger partial charge in [0.15, 0.2) is 0 Å². The third-order valence-electron chi connectivity index (χ3n) is 4.68. The molecule has 3 rings (SSSR count). The van der Waals surface area contributed by atoms with Gasteiger partial charge < -0.3 is 25.2 Å². The Balaban J connectivity index is 1.51. The molecule has 1 fully saturated rings. The van der Waals surface area contributed by atoms with Crippen molar-refractivity contribution in [3.05, 3.63) is 48.5 Å². The van der Waals surface area contributed by atoms with E-state index in [1.807, 2.05) is 53.4 Å². The van der Waals surface area contributed by atoms with Crippen molar-refractivity contribution >= 4 is 28.9 Å². The summed E-state index contributed by atoms with van der Waals surface area (Å²) in [6.07, 6.45) is 0. The van der Waals surface area contributed by atoms with Crippen LogP contribution in [0, 0.1) is 0 Å². The number of benzene rings is 2. The van der Waals surface area contributed by atoms with E-state index in [-0.39, 0.29) is 18.4 Å². The molecule has 0 radical (unpaired) electrons. The molecule has 1 saturated heterocycles. The van der Waals surface area contributed by atoms with Crippen molar-refractivity contribution < 1.29 is 14.3 Å². The smallest absolute Gasteiger partial charge is 0.241 e. The fourth-order valence-corrected chi connectivity index (χ4v) is 3.29. The molecule has 0 saturated carbocycles. The van der Waals surface area contributed by atoms with Gasteiger partial charge in [0.2, 0.25) is 11.8 Å². The van der Waals surface area contributed by atoms with E-state index >= 15 is 0 Å². The number of methoxy groups -OCH3 is 1. The van der Waals surface area contributed by atoms with E-state index in [2.05, 4.69) is 15.5 Å². The van der Waals surface area contributed by atoms with Gasteiger partial charge in [0.05, 0.1) is 19.3 Å². The van der Waals surface area contributed by atoms with Gasteiger partial charge in [-0.2, -0.15) is 0 Å². The Morgan fingerprint density at radius 2 is 1.71 bits per heavy atom. The Morgan fingerprint density at radius 1 is 1.00 bits per heavy atom. The highest BCUT2D eigenvalue weighted by Gasteiger charge is 2.22. The van der Waals surface area contributed by atoms with E-state index in [0.717, 1.165) is 30.2 Å². The Kier molecular flexibility index (Phi) is 6.37. The third kappa shape index (κ3) is 4.94. The molecule has 0 unspecified atom stereocenters. The molecule has 1 aliphatic heterocycles. The summed E-state index contributed by atoms with van der Waals surface area (Å²) in [7, 11) is 1.67. The van der Waals surface area contributed by atoms with Crippen LogP contribution in [-0.2, 0) is 9.59 Å². The van der Waals surface area contributed by atoms with E-state index < -0.39 is 0 Å². The van der Waals surface area contributed by atoms with Crippen molar-refractivity contribution in [3.63, 3.8) is 0 Å². The van der Waals surface area contributed by atoms with Gasteiger partial charge in [-0.15, -0.1) is 0 Å². The molecule has 7 nitrogen and oxygen atoms in total. The maximum Gasteiger partial charge on any atom is 0.241 e. The van der Waals surface area contributed by atoms with Crippen LogP contribution < -0.4 is 20.3 Å². The maximum atomic E-state index is 12.6. The number of para-hydroxylation sites is 2. The van der Waals surface area contributed by atoms with Gasteiger partial charge in [0.25, 0.3) is 0 Å². The Labute approximate surface area is 165 Å². The summed E-state index contributed by atoms with van der Waals surface area (Å²) in [5.74, 6) is 0.786. The number of nitrogens with zero attached hydrogens (tertiary/aromatic N) is 2. The first kappa shape index (κ1) is 19.5. The Hall–Kier alpha value is -3.22. The number of piperazine rings is 1. The monoisotopic (exact) mass is 382 g/mol. The van der Waals surface area contributed by atoms with Crippen LogP contribution >= 0.6 is 0 Å². The van der Waals surface area contributed by atoms with Crippen molar-refractivity contribution in [1.82, 2.24) is 4.90 Å². The number of rotatable bonds is 6. The van der Waals surface area contributed by atoms with Crippen LogP contribution in [0.2, 0.25) is 0 Å². The molecule has 2 N–H and O–H groups in total. The fraction of sp³-hybridized carbons (Fsp3) is 0.333. The summed E-state index contributed by atoms with van der Waals surface area (Å²) in [6.45, 7) is 4.57. The van der Waals surface area contributed by atoms with Gasteiger partial charge in [-0.1, -0.05) is 18.2 Å². The highest BCUT2D eigenvalue weighted by atomic mass is 16.5. The number of anilines is 3. The summed E-state index contributed by atoms with van der Waals surface area (Å²) >= 11 is 0. The van der Waals surface area contributed by atoms with Gasteiger partial charge >= 0.3 is 0 Å². The van der Waals surface area contributed by atoms with E-state index in [4.69, 9.17) is 4.74 Å². The number of hydrogen-bond donors (Lipinski definition) is 2. The average Bonchev–Trinajstić information content (AvgIpc) is 2.72. The first-order chi connectivity index (χ1) is 13.6. The van der Waals surface area contributed by atoms with Gasteiger partial charge in [0, 0.05) is 44.5 Å². The van der Waals surface area contributed by atoms with Crippen molar-refractivity contribution in [1.29, 1.82) is 0 Å². The van der Waals surface area contributed by atoms with Crippen LogP contribution in [0.1, 0.15) is 6.92 Å². The molecular weight excluding hydrogens is 356 g/mol. The molecule has 0 bridgehead atoms. The zero-order chi connectivity index (χ0) is 19.9. The molecule has 148 valence electrons. The lowest BCUT2D eigenvalue weighted by Crippen LogP contribution is -2.50. The molecule has 1 aliphatic rings. The first-order valence-corrected chi connectivity index (χ1v) is 9.34. The summed E-state index contributed by atoms with van der Waals surface area (Å²) in [4.78, 5) is 27.8. The zero-order valence-corrected chi connectivity index (χ0v) is 16.3. The minimum atomic E-state index is -0.124. The van der Waals surface area contributed by atoms with Crippen molar-refractivity contribution in [3.8, 4) is 5.75 Å². The molecular formula is C21H26N4O3. The molecule has 2 aromatic carbocycles. The molecule has 0 atom stereocenters. The van der Waals surface area contributed by atoms with Crippen LogP contribution in [0.5, 0.6) is 5.75 Å². The third-order valence-corrected chi connectivity index (χ3v) is 4.68. The molecule has 1 heterocycles. The molecule has 0 spiro atoms. The van der Waals surface area contributed by atoms with Crippen molar-refractivity contribution in [2.45, 2.75) is 6.92 Å². The van der Waals surface area contributed by atoms with Crippen molar-refractivity contribution in [2.24, 2.45) is 0 Å². The predicted octanol–water partition coefficient (Wildman–Crippen LogP) is 2.41. The summed E-state index contributed by atoms with van der Waals surface area (Å²) < 4.78 is 5.44. The second kappa shape index (κ2) is 9.12. The minimum absolute atomic E-state index is 0.0598. The van der Waals surface area contributed by atoms with Crippen LogP contribution in [0.3, 0.4) is 0 Å². The summed E-state index contributed by atoms with van der Waals surface area (Å²) in [5.41, 5.74) is 2.56. The largest absolute Gasteiger partial charge is 0.495 e. The van der Waals surface area contributed by atoms with Gasteiger partial charge in [0.1, 0.15) is 5.75 Å². The standard InChI is InChI=1S/C21H26N4O3/c1-16(26)23-18-7-5-6-17(14-18)22-15-21(27)25-12-10-24(11-13-25)19-8-3-4-9-20(19)28-2/h3-9,14,22H,10-13,15H2,1-2H3,(H,23,26). The summed E-state index contributed by atoms with van der Waals surface area (Å²) in [6, 6.07) is 15.3. The van der Waals surface area contributed by atoms with E-state index in [1.165, 1.54) is 6.92 Å². The highest BCUT2D eigenvalue weighted by Crippen LogP contribution is 2.28. The number of carbonyl (C=O) groups is 2. The molecule has 28 heavy (non-hydrogen) atoms. The van der Waals surface area contributed by atoms with E-state index in [1.54, 1.807) is 7.11 Å². The maximum absolute atomic E-state index is 12.6. The average molecular weight is 382 g/mol. The number of hydrogen-bond acceptors (Lipinski definition) is 5. The number of ether oxygens (including phenoxy) is 1. The zero-order valence-electron chi connectivity index (χ0n) is 16.3. The molecule has 7 heteroatoms. The quantitative estimate of drug-likeness (QED) is 0.803. The molecule has 0 aromatic heterocycles. The fourth-order valence-electron chi connectivity index (χ4n) is 3.29. The summed E-state index contributed by atoms with van der Waals surface area (Å²) in [5, 5.41) is 5.88. The number of nitrogens with one attached hydrogen (secondary N) is 2. The van der Waals surface area contributed by atoms with E-state index in [9.17, 15) is 9.59 Å². The normalized spacial score (nSPS) is 13.8. The Morgan fingerprint density at radius 3 is 2.43 bits per heavy atom. The lowest BCUT2D eigenvalue weighted by Gasteiger charge is -2.36. The predicted molar refractivity (Wildman–Crippen MR) is 111 cm³/mol.